The number of unbranched alkanes of at least 4 members (excludes halogenated alkanes) is 1. The van der Waals surface area contributed by atoms with Gasteiger partial charge in [0.1, 0.15) is 5.75 Å². The molecular weight excluding hydrogens is 228 g/mol. The van der Waals surface area contributed by atoms with Gasteiger partial charge in [0.15, 0.2) is 0 Å². The van der Waals surface area contributed by atoms with E-state index in [1.54, 1.807) is 7.11 Å². The first-order chi connectivity index (χ1) is 8.67. The zero-order chi connectivity index (χ0) is 13.4. The molecular formula is C14H22N2O2. The van der Waals surface area contributed by atoms with Gasteiger partial charge in [0, 0.05) is 0 Å². The van der Waals surface area contributed by atoms with Gasteiger partial charge in [-0.3, -0.25) is 4.79 Å². The van der Waals surface area contributed by atoms with E-state index in [1.165, 1.54) is 0 Å². The summed E-state index contributed by atoms with van der Waals surface area (Å²) in [7, 11) is 1.60. The molecule has 4 nitrogen and oxygen atoms in total. The number of nitrogens with one attached hydrogen (secondary N) is 2. The summed E-state index contributed by atoms with van der Waals surface area (Å²) in [5.41, 5.74) is 1.81. The Morgan fingerprint density at radius 3 is 2.83 bits per heavy atom. The first-order valence-corrected chi connectivity index (χ1v) is 6.32. The highest BCUT2D eigenvalue weighted by atomic mass is 16.5. The quantitative estimate of drug-likeness (QED) is 0.730. The van der Waals surface area contributed by atoms with Gasteiger partial charge in [-0.05, 0) is 37.6 Å². The fourth-order valence-electron chi connectivity index (χ4n) is 1.62. The largest absolute Gasteiger partial charge is 0.495 e. The smallest absolute Gasteiger partial charge is 0.238 e. The number of benzene rings is 1. The molecule has 4 heteroatoms. The molecule has 1 aromatic rings. The predicted octanol–water partition coefficient (Wildman–Crippen LogP) is 2.33. The van der Waals surface area contributed by atoms with Crippen molar-refractivity contribution in [1.82, 2.24) is 5.32 Å². The molecule has 0 fully saturated rings. The maximum atomic E-state index is 11.7. The van der Waals surface area contributed by atoms with Gasteiger partial charge in [-0.1, -0.05) is 19.4 Å². The van der Waals surface area contributed by atoms with E-state index in [1.807, 2.05) is 25.1 Å². The molecule has 0 aliphatic rings. The van der Waals surface area contributed by atoms with Crippen molar-refractivity contribution in [3.05, 3.63) is 23.8 Å². The minimum absolute atomic E-state index is 0.0463. The number of aryl methyl sites for hydroxylation is 1. The van der Waals surface area contributed by atoms with Gasteiger partial charge in [-0.2, -0.15) is 0 Å². The van der Waals surface area contributed by atoms with Crippen molar-refractivity contribution in [1.29, 1.82) is 0 Å². The monoisotopic (exact) mass is 250 g/mol. The summed E-state index contributed by atoms with van der Waals surface area (Å²) in [6.45, 7) is 5.31. The molecule has 1 rings (SSSR count). The lowest BCUT2D eigenvalue weighted by Crippen LogP contribution is -2.28. The molecule has 1 aromatic carbocycles. The van der Waals surface area contributed by atoms with Crippen LogP contribution >= 0.6 is 0 Å². The Labute approximate surface area is 109 Å². The van der Waals surface area contributed by atoms with Crippen molar-refractivity contribution in [2.24, 2.45) is 0 Å². The van der Waals surface area contributed by atoms with E-state index >= 15 is 0 Å². The topological polar surface area (TPSA) is 50.4 Å². The first kappa shape index (κ1) is 14.5. The highest BCUT2D eigenvalue weighted by Gasteiger charge is 2.07. The second kappa shape index (κ2) is 7.71. The highest BCUT2D eigenvalue weighted by molar-refractivity contribution is 5.93. The lowest BCUT2D eigenvalue weighted by atomic mass is 10.2. The fourth-order valence-corrected chi connectivity index (χ4v) is 1.62. The van der Waals surface area contributed by atoms with Crippen LogP contribution in [0.4, 0.5) is 5.69 Å². The van der Waals surface area contributed by atoms with Gasteiger partial charge < -0.3 is 15.4 Å². The van der Waals surface area contributed by atoms with Gasteiger partial charge in [0.25, 0.3) is 0 Å². The number of carbonyl (C=O) groups is 1. The first-order valence-electron chi connectivity index (χ1n) is 6.32. The van der Waals surface area contributed by atoms with E-state index in [2.05, 4.69) is 17.6 Å². The molecule has 2 N–H and O–H groups in total. The van der Waals surface area contributed by atoms with Crippen LogP contribution in [0, 0.1) is 6.92 Å². The Balaban J connectivity index is 2.50. The number of anilines is 1. The Morgan fingerprint density at radius 2 is 2.17 bits per heavy atom. The minimum Gasteiger partial charge on any atom is -0.495 e. The third-order valence-corrected chi connectivity index (χ3v) is 2.62. The summed E-state index contributed by atoms with van der Waals surface area (Å²) in [5.74, 6) is 0.637. The molecule has 1 amide bonds. The van der Waals surface area contributed by atoms with E-state index in [0.29, 0.717) is 12.3 Å². The number of hydrogen-bond donors (Lipinski definition) is 2. The molecule has 0 atom stereocenters. The third-order valence-electron chi connectivity index (χ3n) is 2.62. The Kier molecular flexibility index (Phi) is 6.22. The van der Waals surface area contributed by atoms with Crippen LogP contribution in [-0.2, 0) is 4.79 Å². The van der Waals surface area contributed by atoms with Gasteiger partial charge in [0.05, 0.1) is 19.3 Å². The van der Waals surface area contributed by atoms with Crippen molar-refractivity contribution in [2.75, 3.05) is 25.5 Å². The molecule has 0 heterocycles. The second-order valence-corrected chi connectivity index (χ2v) is 4.28. The maximum absolute atomic E-state index is 11.7. The molecule has 0 bridgehead atoms. The number of amides is 1. The number of carbonyl (C=O) groups excluding carboxylic acids is 1. The Morgan fingerprint density at radius 1 is 1.39 bits per heavy atom. The number of rotatable bonds is 7. The molecule has 0 aromatic heterocycles. The van der Waals surface area contributed by atoms with Crippen LogP contribution in [0.3, 0.4) is 0 Å². The molecule has 0 saturated heterocycles. The van der Waals surface area contributed by atoms with E-state index in [9.17, 15) is 4.79 Å². The van der Waals surface area contributed by atoms with E-state index in [4.69, 9.17) is 4.74 Å². The molecule has 0 spiro atoms. The van der Waals surface area contributed by atoms with Crippen molar-refractivity contribution in [3.63, 3.8) is 0 Å². The number of hydrogen-bond acceptors (Lipinski definition) is 3. The number of methoxy groups -OCH3 is 1. The van der Waals surface area contributed by atoms with Gasteiger partial charge in [-0.15, -0.1) is 0 Å². The summed E-state index contributed by atoms with van der Waals surface area (Å²) in [4.78, 5) is 11.7. The van der Waals surface area contributed by atoms with Crippen LogP contribution < -0.4 is 15.4 Å². The summed E-state index contributed by atoms with van der Waals surface area (Å²) in [6, 6.07) is 5.71. The average molecular weight is 250 g/mol. The average Bonchev–Trinajstić information content (AvgIpc) is 2.35. The lowest BCUT2D eigenvalue weighted by molar-refractivity contribution is -0.115. The van der Waals surface area contributed by atoms with Crippen LogP contribution in [-0.4, -0.2) is 26.1 Å². The zero-order valence-electron chi connectivity index (χ0n) is 11.4. The van der Waals surface area contributed by atoms with E-state index < -0.39 is 0 Å². The normalized spacial score (nSPS) is 10.2. The van der Waals surface area contributed by atoms with Crippen LogP contribution in [0.5, 0.6) is 5.75 Å². The SMILES string of the molecule is CCCCNCC(=O)Nc1cc(C)ccc1OC. The van der Waals surface area contributed by atoms with Crippen molar-refractivity contribution in [2.45, 2.75) is 26.7 Å². The van der Waals surface area contributed by atoms with Crippen molar-refractivity contribution >= 4 is 11.6 Å². The number of ether oxygens (including phenoxy) is 1. The Hall–Kier alpha value is -1.55. The summed E-state index contributed by atoms with van der Waals surface area (Å²) >= 11 is 0. The van der Waals surface area contributed by atoms with Crippen LogP contribution in [0.25, 0.3) is 0 Å². The van der Waals surface area contributed by atoms with E-state index in [0.717, 1.165) is 30.6 Å². The minimum atomic E-state index is -0.0463. The summed E-state index contributed by atoms with van der Waals surface area (Å²) in [6.07, 6.45) is 2.21. The molecule has 0 radical (unpaired) electrons. The van der Waals surface area contributed by atoms with Crippen LogP contribution in [0.15, 0.2) is 18.2 Å². The van der Waals surface area contributed by atoms with Gasteiger partial charge >= 0.3 is 0 Å². The molecule has 100 valence electrons. The molecule has 0 unspecified atom stereocenters. The zero-order valence-corrected chi connectivity index (χ0v) is 11.4. The third kappa shape index (κ3) is 4.75. The predicted molar refractivity (Wildman–Crippen MR) is 74.1 cm³/mol. The Bertz CT molecular complexity index is 391. The van der Waals surface area contributed by atoms with Gasteiger partial charge in [0.2, 0.25) is 5.91 Å². The van der Waals surface area contributed by atoms with Crippen LogP contribution in [0.2, 0.25) is 0 Å². The standard InChI is InChI=1S/C14H22N2O2/c1-4-5-8-15-10-14(17)16-12-9-11(2)6-7-13(12)18-3/h6-7,9,15H,4-5,8,10H2,1-3H3,(H,16,17). The molecule has 0 aliphatic heterocycles. The summed E-state index contributed by atoms with van der Waals surface area (Å²) < 4.78 is 5.21. The summed E-state index contributed by atoms with van der Waals surface area (Å²) in [5, 5.41) is 5.96. The highest BCUT2D eigenvalue weighted by Crippen LogP contribution is 2.24. The van der Waals surface area contributed by atoms with Crippen molar-refractivity contribution < 1.29 is 9.53 Å². The van der Waals surface area contributed by atoms with E-state index in [-0.39, 0.29) is 5.91 Å². The molecule has 0 aliphatic carbocycles. The van der Waals surface area contributed by atoms with Crippen molar-refractivity contribution in [3.8, 4) is 5.75 Å². The lowest BCUT2D eigenvalue weighted by Gasteiger charge is -2.11. The second-order valence-electron chi connectivity index (χ2n) is 4.28. The maximum Gasteiger partial charge on any atom is 0.238 e. The van der Waals surface area contributed by atoms with Gasteiger partial charge in [-0.25, -0.2) is 0 Å². The molecule has 18 heavy (non-hydrogen) atoms. The van der Waals surface area contributed by atoms with Crippen LogP contribution in [0.1, 0.15) is 25.3 Å². The molecule has 0 saturated carbocycles. The fraction of sp³-hybridized carbons (Fsp3) is 0.500.